The number of amides is 1. The van der Waals surface area contributed by atoms with Gasteiger partial charge in [-0.2, -0.15) is 0 Å². The van der Waals surface area contributed by atoms with Gasteiger partial charge in [0.15, 0.2) is 11.6 Å². The monoisotopic (exact) mass is 341 g/mol. The average Bonchev–Trinajstić information content (AvgIpc) is 3.07. The van der Waals surface area contributed by atoms with Crippen molar-refractivity contribution in [3.8, 4) is 0 Å². The zero-order valence-corrected chi connectivity index (χ0v) is 12.9. The van der Waals surface area contributed by atoms with Crippen molar-refractivity contribution in [3.63, 3.8) is 0 Å². The lowest BCUT2D eigenvalue weighted by atomic mass is 10.1. The molecule has 1 aromatic heterocycles. The van der Waals surface area contributed by atoms with E-state index in [1.807, 2.05) is 17.5 Å². The lowest BCUT2D eigenvalue weighted by Crippen LogP contribution is -2.42. The predicted molar refractivity (Wildman–Crippen MR) is 79.6 cm³/mol. The minimum Gasteiger partial charge on any atom is -0.369 e. The van der Waals surface area contributed by atoms with Crippen LogP contribution in [0.5, 0.6) is 0 Å². The first-order valence-electron chi connectivity index (χ1n) is 7.11. The fraction of sp³-hybridized carbons (Fsp3) is 0.312. The van der Waals surface area contributed by atoms with Crippen molar-refractivity contribution in [2.45, 2.75) is 12.5 Å². The normalized spacial score (nSPS) is 18.2. The van der Waals surface area contributed by atoms with Crippen molar-refractivity contribution in [2.75, 3.05) is 19.7 Å². The predicted octanol–water partition coefficient (Wildman–Crippen LogP) is 3.31. The Kier molecular flexibility index (Phi) is 4.68. The van der Waals surface area contributed by atoms with E-state index in [4.69, 9.17) is 4.74 Å². The SMILES string of the molecule is O=C(Cc1cc(F)c(F)cc1F)N1CCO[C@@H](c2cccs2)C1. The number of carbonyl (C=O) groups excluding carboxylic acids is 1. The van der Waals surface area contributed by atoms with Gasteiger partial charge in [-0.1, -0.05) is 6.07 Å². The molecule has 1 amide bonds. The smallest absolute Gasteiger partial charge is 0.227 e. The highest BCUT2D eigenvalue weighted by Crippen LogP contribution is 2.26. The summed E-state index contributed by atoms with van der Waals surface area (Å²) in [5.74, 6) is -3.67. The van der Waals surface area contributed by atoms with Crippen molar-refractivity contribution >= 4 is 17.2 Å². The lowest BCUT2D eigenvalue weighted by molar-refractivity contribution is -0.138. The number of morpholine rings is 1. The minimum absolute atomic E-state index is 0.145. The molecule has 1 aliphatic heterocycles. The highest BCUT2D eigenvalue weighted by atomic mass is 32.1. The molecule has 0 unspecified atom stereocenters. The number of hydrogen-bond donors (Lipinski definition) is 0. The van der Waals surface area contributed by atoms with Crippen LogP contribution in [-0.2, 0) is 16.0 Å². The number of rotatable bonds is 3. The van der Waals surface area contributed by atoms with Crippen LogP contribution in [-0.4, -0.2) is 30.5 Å². The van der Waals surface area contributed by atoms with Gasteiger partial charge in [0.1, 0.15) is 11.9 Å². The van der Waals surface area contributed by atoms with Crippen LogP contribution < -0.4 is 0 Å². The van der Waals surface area contributed by atoms with Crippen LogP contribution in [0.4, 0.5) is 13.2 Å². The summed E-state index contributed by atoms with van der Waals surface area (Å²) in [4.78, 5) is 14.9. The quantitative estimate of drug-likeness (QED) is 0.802. The van der Waals surface area contributed by atoms with E-state index >= 15 is 0 Å². The summed E-state index contributed by atoms with van der Waals surface area (Å²) in [5.41, 5.74) is -0.145. The Hall–Kier alpha value is -1.86. The van der Waals surface area contributed by atoms with Gasteiger partial charge in [-0.3, -0.25) is 4.79 Å². The number of halogens is 3. The number of hydrogen-bond acceptors (Lipinski definition) is 3. The first-order valence-corrected chi connectivity index (χ1v) is 7.99. The maximum absolute atomic E-state index is 13.7. The van der Waals surface area contributed by atoms with Crippen LogP contribution >= 0.6 is 11.3 Å². The van der Waals surface area contributed by atoms with E-state index in [0.717, 1.165) is 10.9 Å². The second-order valence-corrected chi connectivity index (χ2v) is 6.23. The van der Waals surface area contributed by atoms with Crippen molar-refractivity contribution in [3.05, 3.63) is 57.5 Å². The first kappa shape index (κ1) is 16.0. The number of benzene rings is 1. The summed E-state index contributed by atoms with van der Waals surface area (Å²) >= 11 is 1.54. The molecule has 1 atom stereocenters. The van der Waals surface area contributed by atoms with Gasteiger partial charge in [0.25, 0.3) is 0 Å². The van der Waals surface area contributed by atoms with Gasteiger partial charge >= 0.3 is 0 Å². The van der Waals surface area contributed by atoms with Gasteiger partial charge in [-0.25, -0.2) is 13.2 Å². The number of thiophene rings is 1. The summed E-state index contributed by atoms with van der Waals surface area (Å²) in [5, 5.41) is 1.93. The van der Waals surface area contributed by atoms with Crippen molar-refractivity contribution in [1.29, 1.82) is 0 Å². The Labute approximate surface area is 135 Å². The van der Waals surface area contributed by atoms with Crippen molar-refractivity contribution in [2.24, 2.45) is 0 Å². The van der Waals surface area contributed by atoms with Gasteiger partial charge in [0, 0.05) is 23.1 Å². The maximum Gasteiger partial charge on any atom is 0.227 e. The van der Waals surface area contributed by atoms with Crippen LogP contribution in [0.3, 0.4) is 0 Å². The van der Waals surface area contributed by atoms with Crippen LogP contribution in [0.1, 0.15) is 16.5 Å². The third-order valence-electron chi connectivity index (χ3n) is 3.71. The highest BCUT2D eigenvalue weighted by molar-refractivity contribution is 7.10. The number of nitrogens with zero attached hydrogens (tertiary/aromatic N) is 1. The molecule has 1 saturated heterocycles. The molecule has 0 saturated carbocycles. The Morgan fingerprint density at radius 3 is 2.78 bits per heavy atom. The summed E-state index contributed by atoms with van der Waals surface area (Å²) in [6, 6.07) is 5.03. The summed E-state index contributed by atoms with van der Waals surface area (Å²) in [6.07, 6.45) is -0.511. The van der Waals surface area contributed by atoms with Gasteiger partial charge in [-0.15, -0.1) is 11.3 Å². The van der Waals surface area contributed by atoms with Gasteiger partial charge in [0.05, 0.1) is 19.6 Å². The van der Waals surface area contributed by atoms with Crippen LogP contribution in [0.2, 0.25) is 0 Å². The standard InChI is InChI=1S/C16H14F3NO2S/c17-11-8-13(19)12(18)6-10(11)7-16(21)20-3-4-22-14(9-20)15-2-1-5-23-15/h1-2,5-6,8,14H,3-4,7,9H2/t14-/m1/s1. The van der Waals surface area contributed by atoms with E-state index in [0.29, 0.717) is 25.8 Å². The first-order chi connectivity index (χ1) is 11.0. The molecule has 7 heteroatoms. The maximum atomic E-state index is 13.7. The van der Waals surface area contributed by atoms with Crippen molar-refractivity contribution in [1.82, 2.24) is 4.90 Å². The largest absolute Gasteiger partial charge is 0.369 e. The molecule has 3 nitrogen and oxygen atoms in total. The topological polar surface area (TPSA) is 29.5 Å². The second-order valence-electron chi connectivity index (χ2n) is 5.25. The number of carbonyl (C=O) groups is 1. The average molecular weight is 341 g/mol. The van der Waals surface area contributed by atoms with E-state index in [1.54, 1.807) is 4.90 Å². The molecule has 1 fully saturated rings. The number of ether oxygens (including phenoxy) is 1. The van der Waals surface area contributed by atoms with Crippen molar-refractivity contribution < 1.29 is 22.7 Å². The van der Waals surface area contributed by atoms with Crippen LogP contribution in [0, 0.1) is 17.5 Å². The summed E-state index contributed by atoms with van der Waals surface area (Å²) < 4.78 is 45.5. The zero-order valence-electron chi connectivity index (χ0n) is 12.1. The highest BCUT2D eigenvalue weighted by Gasteiger charge is 2.26. The molecule has 0 spiro atoms. The zero-order chi connectivity index (χ0) is 16.4. The van der Waals surface area contributed by atoms with E-state index in [-0.39, 0.29) is 24.0 Å². The fourth-order valence-corrected chi connectivity index (χ4v) is 3.26. The summed E-state index contributed by atoms with van der Waals surface area (Å²) in [6.45, 7) is 1.14. The minimum atomic E-state index is -1.26. The molecule has 122 valence electrons. The molecule has 0 bridgehead atoms. The Morgan fingerprint density at radius 1 is 1.26 bits per heavy atom. The molecule has 3 rings (SSSR count). The fourth-order valence-electron chi connectivity index (χ4n) is 2.50. The molecule has 0 radical (unpaired) electrons. The molecule has 1 aliphatic rings. The molecule has 0 aliphatic carbocycles. The van der Waals surface area contributed by atoms with Gasteiger partial charge < -0.3 is 9.64 Å². The summed E-state index contributed by atoms with van der Waals surface area (Å²) in [7, 11) is 0. The molecule has 23 heavy (non-hydrogen) atoms. The molecule has 2 heterocycles. The molecule has 2 aromatic rings. The second kappa shape index (κ2) is 6.72. The third-order valence-corrected chi connectivity index (χ3v) is 4.68. The third kappa shape index (κ3) is 3.56. The Bertz CT molecular complexity index is 706. The van der Waals surface area contributed by atoms with Crippen LogP contribution in [0.25, 0.3) is 0 Å². The Morgan fingerprint density at radius 2 is 2.04 bits per heavy atom. The lowest BCUT2D eigenvalue weighted by Gasteiger charge is -2.32. The van der Waals surface area contributed by atoms with E-state index < -0.39 is 17.5 Å². The van der Waals surface area contributed by atoms with E-state index in [2.05, 4.69) is 0 Å². The molecular weight excluding hydrogens is 327 g/mol. The van der Waals surface area contributed by atoms with E-state index in [9.17, 15) is 18.0 Å². The molecular formula is C16H14F3NO2S. The van der Waals surface area contributed by atoms with Crippen LogP contribution in [0.15, 0.2) is 29.6 Å². The molecule has 0 N–H and O–H groups in total. The van der Waals surface area contributed by atoms with Gasteiger partial charge in [0.2, 0.25) is 5.91 Å². The molecule has 1 aromatic carbocycles. The van der Waals surface area contributed by atoms with E-state index in [1.165, 1.54) is 11.3 Å². The van der Waals surface area contributed by atoms with Gasteiger partial charge in [-0.05, 0) is 17.5 Å². The Balaban J connectivity index is 1.69.